The van der Waals surface area contributed by atoms with Gasteiger partial charge in [-0.1, -0.05) is 28.1 Å². The summed E-state index contributed by atoms with van der Waals surface area (Å²) < 4.78 is 60.8. The van der Waals surface area contributed by atoms with Gasteiger partial charge in [0.15, 0.2) is 5.60 Å². The van der Waals surface area contributed by atoms with Crippen LogP contribution in [-0.4, -0.2) is 35.3 Å². The third kappa shape index (κ3) is 3.98. The number of rotatable bonds is 6. The fraction of sp³-hybridized carbons (Fsp3) is 0.150. The first kappa shape index (κ1) is 22.0. The average Bonchev–Trinajstić information content (AvgIpc) is 3.27. The second-order valence-corrected chi connectivity index (χ2v) is 7.78. The van der Waals surface area contributed by atoms with Crippen molar-refractivity contribution in [3.8, 4) is 11.3 Å². The molecular formula is C20H13BrF4N6O. The fourth-order valence-electron chi connectivity index (χ4n) is 3.14. The first-order valence-electron chi connectivity index (χ1n) is 9.06. The molecule has 1 atom stereocenters. The van der Waals surface area contributed by atoms with Gasteiger partial charge in [-0.3, -0.25) is 9.97 Å². The Morgan fingerprint density at radius 3 is 2.34 bits per heavy atom. The molecule has 0 amide bonds. The van der Waals surface area contributed by atoms with Crippen LogP contribution in [0.4, 0.5) is 17.6 Å². The van der Waals surface area contributed by atoms with Crippen LogP contribution in [0, 0.1) is 11.6 Å². The summed E-state index contributed by atoms with van der Waals surface area (Å²) in [5.41, 5.74) is -4.04. The molecule has 0 saturated carbocycles. The lowest BCUT2D eigenvalue weighted by molar-refractivity contribution is -0.208. The fourth-order valence-corrected chi connectivity index (χ4v) is 3.40. The van der Waals surface area contributed by atoms with E-state index in [9.17, 15) is 13.9 Å². The van der Waals surface area contributed by atoms with E-state index in [1.54, 1.807) is 24.3 Å². The van der Waals surface area contributed by atoms with Crippen molar-refractivity contribution in [1.82, 2.24) is 30.2 Å². The maximum absolute atomic E-state index is 15.6. The van der Waals surface area contributed by atoms with E-state index in [0.717, 1.165) is 40.0 Å². The number of aliphatic hydroxyl groups is 1. The summed E-state index contributed by atoms with van der Waals surface area (Å²) in [5.74, 6) is -6.51. The molecule has 0 saturated heterocycles. The molecule has 2 aromatic heterocycles. The van der Waals surface area contributed by atoms with Crippen molar-refractivity contribution in [2.75, 3.05) is 0 Å². The van der Waals surface area contributed by atoms with Gasteiger partial charge in [-0.15, -0.1) is 5.10 Å². The monoisotopic (exact) mass is 508 g/mol. The first-order chi connectivity index (χ1) is 15.2. The topological polar surface area (TPSA) is 89.6 Å². The molecule has 1 unspecified atom stereocenters. The Morgan fingerprint density at radius 2 is 1.75 bits per heavy atom. The number of nitrogens with zero attached hydrogens (tertiary/aromatic N) is 6. The molecule has 7 nitrogen and oxygen atoms in total. The van der Waals surface area contributed by atoms with E-state index in [2.05, 4.69) is 41.4 Å². The van der Waals surface area contributed by atoms with Gasteiger partial charge in [-0.25, -0.2) is 13.5 Å². The minimum Gasteiger partial charge on any atom is -0.377 e. The number of hydrogen-bond acceptors (Lipinski definition) is 6. The maximum atomic E-state index is 15.6. The number of aromatic nitrogens is 6. The predicted molar refractivity (Wildman–Crippen MR) is 107 cm³/mol. The smallest absolute Gasteiger partial charge is 0.325 e. The predicted octanol–water partition coefficient (Wildman–Crippen LogP) is 3.85. The minimum atomic E-state index is -4.16. The highest BCUT2D eigenvalue weighted by Crippen LogP contribution is 2.46. The SMILES string of the molecule is OC(Cn1cnnn1)(c1ccc(F)cc1F)C(F)(F)c1cnc(-c2ccc(Br)cc2)cn1. The lowest BCUT2D eigenvalue weighted by atomic mass is 9.85. The Morgan fingerprint density at radius 1 is 1.00 bits per heavy atom. The van der Waals surface area contributed by atoms with E-state index in [4.69, 9.17) is 0 Å². The molecule has 0 radical (unpaired) electrons. The van der Waals surface area contributed by atoms with Gasteiger partial charge in [0.05, 0.1) is 24.6 Å². The number of tetrazole rings is 1. The third-order valence-electron chi connectivity index (χ3n) is 4.79. The molecule has 0 aliphatic carbocycles. The van der Waals surface area contributed by atoms with Crippen LogP contribution in [0.3, 0.4) is 0 Å². The van der Waals surface area contributed by atoms with Gasteiger partial charge in [0, 0.05) is 21.7 Å². The summed E-state index contributed by atoms with van der Waals surface area (Å²) in [6.07, 6.45) is 2.89. The zero-order chi connectivity index (χ0) is 22.9. The van der Waals surface area contributed by atoms with E-state index in [0.29, 0.717) is 17.3 Å². The highest BCUT2D eigenvalue weighted by molar-refractivity contribution is 9.10. The maximum Gasteiger partial charge on any atom is 0.325 e. The van der Waals surface area contributed by atoms with Crippen molar-refractivity contribution >= 4 is 15.9 Å². The van der Waals surface area contributed by atoms with E-state index < -0.39 is 41.0 Å². The van der Waals surface area contributed by atoms with Crippen molar-refractivity contribution in [3.05, 3.63) is 88.6 Å². The third-order valence-corrected chi connectivity index (χ3v) is 5.32. The summed E-state index contributed by atoms with van der Waals surface area (Å²) in [6.45, 7) is -0.939. The summed E-state index contributed by atoms with van der Waals surface area (Å²) in [7, 11) is 0. The number of halogens is 5. The molecule has 0 fully saturated rings. The zero-order valence-electron chi connectivity index (χ0n) is 16.0. The van der Waals surface area contributed by atoms with Gasteiger partial charge in [0.2, 0.25) is 0 Å². The van der Waals surface area contributed by atoms with Crippen LogP contribution in [0.25, 0.3) is 11.3 Å². The van der Waals surface area contributed by atoms with Crippen molar-refractivity contribution in [3.63, 3.8) is 0 Å². The zero-order valence-corrected chi connectivity index (χ0v) is 17.6. The van der Waals surface area contributed by atoms with Crippen LogP contribution in [-0.2, 0) is 18.1 Å². The van der Waals surface area contributed by atoms with Gasteiger partial charge >= 0.3 is 5.92 Å². The number of alkyl halides is 2. The van der Waals surface area contributed by atoms with Crippen LogP contribution in [0.5, 0.6) is 0 Å². The molecule has 32 heavy (non-hydrogen) atoms. The summed E-state index contributed by atoms with van der Waals surface area (Å²) >= 11 is 3.30. The molecule has 0 aliphatic rings. The van der Waals surface area contributed by atoms with Crippen LogP contribution in [0.2, 0.25) is 0 Å². The highest BCUT2D eigenvalue weighted by atomic mass is 79.9. The van der Waals surface area contributed by atoms with E-state index in [1.165, 1.54) is 0 Å². The van der Waals surface area contributed by atoms with Crippen LogP contribution >= 0.6 is 15.9 Å². The molecule has 4 rings (SSSR count). The number of hydrogen-bond donors (Lipinski definition) is 1. The summed E-state index contributed by atoms with van der Waals surface area (Å²) in [6, 6.07) is 8.84. The van der Waals surface area contributed by atoms with Crippen molar-refractivity contribution < 1.29 is 22.7 Å². The lowest BCUT2D eigenvalue weighted by Gasteiger charge is -2.35. The Hall–Kier alpha value is -3.25. The quantitative estimate of drug-likeness (QED) is 0.398. The first-order valence-corrected chi connectivity index (χ1v) is 9.85. The van der Waals surface area contributed by atoms with Gasteiger partial charge in [-0.2, -0.15) is 8.78 Å². The molecule has 0 aliphatic heterocycles. The van der Waals surface area contributed by atoms with Crippen molar-refractivity contribution in [1.29, 1.82) is 0 Å². The molecule has 2 aromatic carbocycles. The Kier molecular flexibility index (Phi) is 5.73. The van der Waals surface area contributed by atoms with Crippen LogP contribution in [0.15, 0.2) is 65.7 Å². The molecule has 164 valence electrons. The molecule has 1 N–H and O–H groups in total. The lowest BCUT2D eigenvalue weighted by Crippen LogP contribution is -2.48. The molecule has 0 spiro atoms. The second kappa shape index (κ2) is 8.36. The second-order valence-electron chi connectivity index (χ2n) is 6.86. The number of benzene rings is 2. The van der Waals surface area contributed by atoms with Gasteiger partial charge in [0.25, 0.3) is 0 Å². The highest BCUT2D eigenvalue weighted by Gasteiger charge is 2.58. The Labute approximate surface area is 186 Å². The molecular weight excluding hydrogens is 496 g/mol. The summed E-state index contributed by atoms with van der Waals surface area (Å²) in [4.78, 5) is 7.79. The molecule has 0 bridgehead atoms. The van der Waals surface area contributed by atoms with Gasteiger partial charge in [0.1, 0.15) is 23.7 Å². The normalized spacial score (nSPS) is 13.7. The Bertz CT molecular complexity index is 1220. The van der Waals surface area contributed by atoms with E-state index >= 15 is 8.78 Å². The average molecular weight is 509 g/mol. The Balaban J connectivity index is 1.78. The minimum absolute atomic E-state index is 0.314. The molecule has 2 heterocycles. The van der Waals surface area contributed by atoms with Crippen molar-refractivity contribution in [2.24, 2.45) is 0 Å². The molecule has 4 aromatic rings. The van der Waals surface area contributed by atoms with E-state index in [-0.39, 0.29) is 0 Å². The standard InChI is InChI=1S/C20H13BrF4N6O/c21-13-3-1-12(2-4-13)17-8-27-18(9-26-17)20(24,25)19(32,10-31-11-28-29-30-31)15-6-5-14(22)7-16(15)23/h1-9,11,32H,10H2. The van der Waals surface area contributed by atoms with Crippen LogP contribution < -0.4 is 0 Å². The van der Waals surface area contributed by atoms with Gasteiger partial charge < -0.3 is 5.11 Å². The van der Waals surface area contributed by atoms with Crippen molar-refractivity contribution in [2.45, 2.75) is 18.1 Å². The van der Waals surface area contributed by atoms with E-state index in [1.807, 2.05) is 0 Å². The largest absolute Gasteiger partial charge is 0.377 e. The van der Waals surface area contributed by atoms with Gasteiger partial charge in [-0.05, 0) is 34.7 Å². The van der Waals surface area contributed by atoms with Crippen LogP contribution in [0.1, 0.15) is 11.3 Å². The molecule has 12 heteroatoms. The summed E-state index contributed by atoms with van der Waals surface area (Å²) in [5, 5.41) is 21.3.